The van der Waals surface area contributed by atoms with Crippen molar-refractivity contribution >= 4 is 23.7 Å². The maximum Gasteiger partial charge on any atom is 3.00 e. The monoisotopic (exact) mass is 480 g/mol. The number of rotatable bonds is 5. The predicted molar refractivity (Wildman–Crippen MR) is 102 cm³/mol. The number of para-hydroxylation sites is 1. The summed E-state index contributed by atoms with van der Waals surface area (Å²) in [5.74, 6) is 1.33. The Kier molecular flexibility index (Phi) is 17.3. The number of aromatic hydroxyl groups is 1. The van der Waals surface area contributed by atoms with Gasteiger partial charge in [0.2, 0.25) is 0 Å². The molecular weight excluding hydrogens is 457 g/mol. The molecule has 1 radical (unpaired) electrons. The molecular formula is C20H25Cl3NOSTi. The van der Waals surface area contributed by atoms with Gasteiger partial charge in [0.15, 0.2) is 0 Å². The normalized spacial score (nSPS) is 10.2. The van der Waals surface area contributed by atoms with Crippen molar-refractivity contribution in [3.63, 3.8) is 0 Å². The first-order valence-corrected chi connectivity index (χ1v) is 9.00. The molecule has 27 heavy (non-hydrogen) atoms. The van der Waals surface area contributed by atoms with Crippen LogP contribution in [0.3, 0.4) is 0 Å². The van der Waals surface area contributed by atoms with E-state index < -0.39 is 0 Å². The molecule has 0 unspecified atom stereocenters. The van der Waals surface area contributed by atoms with Gasteiger partial charge in [0, 0.05) is 16.7 Å². The summed E-state index contributed by atoms with van der Waals surface area (Å²) in [7, 11) is 0. The minimum Gasteiger partial charge on any atom is -1.00 e. The van der Waals surface area contributed by atoms with Gasteiger partial charge in [-0.25, -0.2) is 0 Å². The molecule has 0 heterocycles. The van der Waals surface area contributed by atoms with E-state index in [-0.39, 0.29) is 70.1 Å². The molecule has 0 aliphatic rings. The first kappa shape index (κ1) is 31.5. The van der Waals surface area contributed by atoms with Crippen LogP contribution >= 0.6 is 11.8 Å². The number of hydrogen-bond donors (Lipinski definition) is 1. The van der Waals surface area contributed by atoms with Crippen LogP contribution in [0.15, 0.2) is 52.4 Å². The van der Waals surface area contributed by atoms with Crippen LogP contribution in [0.1, 0.15) is 45.2 Å². The van der Waals surface area contributed by atoms with E-state index in [0.29, 0.717) is 0 Å². The number of benzene rings is 2. The van der Waals surface area contributed by atoms with E-state index in [1.165, 1.54) is 10.5 Å². The van der Waals surface area contributed by atoms with Gasteiger partial charge in [0.1, 0.15) is 5.75 Å². The maximum atomic E-state index is 9.89. The molecule has 7 heteroatoms. The quantitative estimate of drug-likeness (QED) is 0.280. The Morgan fingerprint density at radius 2 is 1.63 bits per heavy atom. The minimum absolute atomic E-state index is 0. The number of nitrogens with zero attached hydrogens (tertiary/aromatic N) is 1. The van der Waals surface area contributed by atoms with Crippen LogP contribution in [0, 0.1) is 0 Å². The van der Waals surface area contributed by atoms with Crippen LogP contribution in [0.5, 0.6) is 5.75 Å². The van der Waals surface area contributed by atoms with E-state index in [0.717, 1.165) is 23.4 Å². The van der Waals surface area contributed by atoms with E-state index in [1.807, 2.05) is 36.0 Å². The zero-order valence-electron chi connectivity index (χ0n) is 16.0. The van der Waals surface area contributed by atoms with Crippen LogP contribution in [-0.2, 0) is 27.1 Å². The summed E-state index contributed by atoms with van der Waals surface area (Å²) in [6.45, 7) is 8.89. The van der Waals surface area contributed by atoms with E-state index >= 15 is 0 Å². The molecule has 0 amide bonds. The number of thioether (sulfide) groups is 1. The summed E-state index contributed by atoms with van der Waals surface area (Å²) in [4.78, 5) is 5.90. The third-order valence-electron chi connectivity index (χ3n) is 3.53. The topological polar surface area (TPSA) is 32.6 Å². The summed E-state index contributed by atoms with van der Waals surface area (Å²) in [6.07, 6.45) is 2.87. The molecule has 2 rings (SSSR count). The predicted octanol–water partition coefficient (Wildman–Crippen LogP) is -3.05. The van der Waals surface area contributed by atoms with Gasteiger partial charge in [-0.1, -0.05) is 52.0 Å². The van der Waals surface area contributed by atoms with Crippen molar-refractivity contribution in [2.24, 2.45) is 4.99 Å². The summed E-state index contributed by atoms with van der Waals surface area (Å²) in [5, 5.41) is 9.89. The van der Waals surface area contributed by atoms with E-state index in [1.54, 1.807) is 12.3 Å². The van der Waals surface area contributed by atoms with Gasteiger partial charge >= 0.3 is 21.7 Å². The first-order chi connectivity index (χ1) is 10.9. The smallest absolute Gasteiger partial charge is 1.00 e. The molecule has 0 fully saturated rings. The standard InChI is InChI=1S/C20H25NOS.3ClH.Ti/c1-5-13-23-19-16(20(2,3)4)10-8-11-17(19)21-14-15-9-6-7-12-18(15)22;;;;/h6-12,14,22H,5,13H2,1-4H3;3*1H;/q;;;;+3/p-3. The fourth-order valence-corrected chi connectivity index (χ4v) is 3.52. The fourth-order valence-electron chi connectivity index (χ4n) is 2.31. The zero-order chi connectivity index (χ0) is 16.9. The number of aliphatic imine (C=N–C) groups is 1. The molecule has 0 aliphatic carbocycles. The molecule has 2 nitrogen and oxygen atoms in total. The van der Waals surface area contributed by atoms with Gasteiger partial charge in [-0.05, 0) is 41.4 Å². The van der Waals surface area contributed by atoms with Crippen LogP contribution < -0.4 is 37.2 Å². The van der Waals surface area contributed by atoms with Crippen molar-refractivity contribution in [3.05, 3.63) is 53.6 Å². The van der Waals surface area contributed by atoms with Crippen LogP contribution in [0.25, 0.3) is 0 Å². The SMILES string of the molecule is CCCSc1c(N=Cc2ccccc2O)cccc1C(C)(C)C.[Cl-].[Cl-].[Cl-].[Ti+3]. The van der Waals surface area contributed by atoms with E-state index in [2.05, 4.69) is 44.8 Å². The second-order valence-electron chi connectivity index (χ2n) is 6.57. The van der Waals surface area contributed by atoms with Crippen LogP contribution in [-0.4, -0.2) is 17.1 Å². The molecule has 1 N–H and O–H groups in total. The summed E-state index contributed by atoms with van der Waals surface area (Å²) >= 11 is 1.86. The van der Waals surface area contributed by atoms with Gasteiger partial charge in [0.05, 0.1) is 5.69 Å². The Balaban J connectivity index is -0.00000144. The second kappa shape index (κ2) is 14.8. The summed E-state index contributed by atoms with van der Waals surface area (Å²) in [5.41, 5.74) is 3.11. The molecule has 147 valence electrons. The van der Waals surface area contributed by atoms with E-state index in [4.69, 9.17) is 0 Å². The minimum atomic E-state index is 0. The Morgan fingerprint density at radius 3 is 2.19 bits per heavy atom. The second-order valence-corrected chi connectivity index (χ2v) is 7.67. The van der Waals surface area contributed by atoms with Crippen LogP contribution in [0.4, 0.5) is 5.69 Å². The number of phenols is 1. The number of phenolic OH excluding ortho intramolecular Hbond substituents is 1. The Morgan fingerprint density at radius 1 is 1.00 bits per heavy atom. The summed E-state index contributed by atoms with van der Waals surface area (Å²) < 4.78 is 0. The Hall–Kier alpha value is -0.156. The number of halogens is 3. The number of hydrogen-bond acceptors (Lipinski definition) is 3. The van der Waals surface area contributed by atoms with E-state index in [9.17, 15) is 5.11 Å². The van der Waals surface area contributed by atoms with Crippen molar-refractivity contribution in [1.82, 2.24) is 0 Å². The molecule has 2 aromatic rings. The third-order valence-corrected chi connectivity index (χ3v) is 4.86. The fraction of sp³-hybridized carbons (Fsp3) is 0.350. The molecule has 0 saturated heterocycles. The summed E-state index contributed by atoms with van der Waals surface area (Å²) in [6, 6.07) is 13.6. The first-order valence-electron chi connectivity index (χ1n) is 8.02. The van der Waals surface area contributed by atoms with Crippen molar-refractivity contribution < 1.29 is 64.0 Å². The van der Waals surface area contributed by atoms with Gasteiger partial charge in [-0.2, -0.15) is 0 Å². The molecule has 0 spiro atoms. The van der Waals surface area contributed by atoms with Crippen molar-refractivity contribution in [1.29, 1.82) is 0 Å². The van der Waals surface area contributed by atoms with Crippen molar-refractivity contribution in [2.75, 3.05) is 5.75 Å². The molecule has 0 aromatic heterocycles. The molecule has 0 aliphatic heterocycles. The zero-order valence-corrected chi connectivity index (χ0v) is 20.6. The molecule has 0 atom stereocenters. The van der Waals surface area contributed by atoms with Crippen molar-refractivity contribution in [2.45, 2.75) is 44.4 Å². The third kappa shape index (κ3) is 9.26. The average Bonchev–Trinajstić information content (AvgIpc) is 2.51. The Labute approximate surface area is 201 Å². The van der Waals surface area contributed by atoms with Gasteiger partial charge in [0.25, 0.3) is 0 Å². The van der Waals surface area contributed by atoms with Gasteiger partial charge in [-0.3, -0.25) is 4.99 Å². The van der Waals surface area contributed by atoms with Gasteiger partial charge in [-0.15, -0.1) is 11.8 Å². The van der Waals surface area contributed by atoms with Gasteiger partial charge < -0.3 is 42.3 Å². The van der Waals surface area contributed by atoms with Crippen LogP contribution in [0.2, 0.25) is 0 Å². The molecule has 0 saturated carbocycles. The maximum absolute atomic E-state index is 9.89. The van der Waals surface area contributed by atoms with Crippen molar-refractivity contribution in [3.8, 4) is 5.75 Å². The largest absolute Gasteiger partial charge is 3.00 e. The molecule has 2 aromatic carbocycles. The average molecular weight is 482 g/mol. The molecule has 0 bridgehead atoms. The Bertz CT molecular complexity index is 706.